The van der Waals surface area contributed by atoms with Crippen molar-refractivity contribution in [2.75, 3.05) is 0 Å². The first kappa shape index (κ1) is 10.9. The first-order valence-corrected chi connectivity index (χ1v) is 5.53. The number of oxazole rings is 1. The van der Waals surface area contributed by atoms with E-state index < -0.39 is 0 Å². The number of aromatic nitrogens is 1. The molecule has 0 fully saturated rings. The van der Waals surface area contributed by atoms with Gasteiger partial charge in [0.05, 0.1) is 6.20 Å². The van der Waals surface area contributed by atoms with Crippen LogP contribution in [-0.2, 0) is 6.42 Å². The molecule has 0 unspecified atom stereocenters. The van der Waals surface area contributed by atoms with E-state index in [2.05, 4.69) is 50.0 Å². The van der Waals surface area contributed by atoms with Crippen molar-refractivity contribution in [2.45, 2.75) is 27.2 Å². The van der Waals surface area contributed by atoms with Gasteiger partial charge < -0.3 is 4.42 Å². The molecule has 1 aromatic carbocycles. The Morgan fingerprint density at radius 3 is 2.31 bits per heavy atom. The summed E-state index contributed by atoms with van der Waals surface area (Å²) >= 11 is 0. The third-order valence-corrected chi connectivity index (χ3v) is 2.37. The molecule has 16 heavy (non-hydrogen) atoms. The van der Waals surface area contributed by atoms with Crippen LogP contribution in [0.3, 0.4) is 0 Å². The molecular weight excluding hydrogens is 198 g/mol. The molecule has 0 spiro atoms. The van der Waals surface area contributed by atoms with Crippen molar-refractivity contribution in [1.82, 2.24) is 4.98 Å². The van der Waals surface area contributed by atoms with Gasteiger partial charge >= 0.3 is 0 Å². The summed E-state index contributed by atoms with van der Waals surface area (Å²) in [6.07, 6.45) is 4.34. The zero-order chi connectivity index (χ0) is 11.6. The highest BCUT2D eigenvalue weighted by Crippen LogP contribution is 2.23. The Morgan fingerprint density at radius 2 is 1.81 bits per heavy atom. The first-order chi connectivity index (χ1) is 7.54. The highest BCUT2D eigenvalue weighted by molar-refractivity contribution is 5.53. The summed E-state index contributed by atoms with van der Waals surface area (Å²) in [5, 5.41) is 0. The van der Waals surface area contributed by atoms with Gasteiger partial charge in [0.25, 0.3) is 0 Å². The standard InChI is InChI=1S/C14H17NO/c1-14(2,3)10-11-4-6-12(7-5-11)13-15-8-9-16-13/h4-9H,10H2,1-3H3. The lowest BCUT2D eigenvalue weighted by molar-refractivity contribution is 0.411. The maximum Gasteiger partial charge on any atom is 0.225 e. The van der Waals surface area contributed by atoms with Gasteiger partial charge in [0.2, 0.25) is 5.89 Å². The van der Waals surface area contributed by atoms with Crippen molar-refractivity contribution in [3.8, 4) is 11.5 Å². The zero-order valence-electron chi connectivity index (χ0n) is 10.0. The van der Waals surface area contributed by atoms with Crippen molar-refractivity contribution in [3.05, 3.63) is 42.3 Å². The molecule has 0 N–H and O–H groups in total. The fraction of sp³-hybridized carbons (Fsp3) is 0.357. The predicted octanol–water partition coefficient (Wildman–Crippen LogP) is 3.93. The van der Waals surface area contributed by atoms with E-state index in [4.69, 9.17) is 4.42 Å². The van der Waals surface area contributed by atoms with E-state index in [0.717, 1.165) is 12.0 Å². The van der Waals surface area contributed by atoms with Gasteiger partial charge in [-0.15, -0.1) is 0 Å². The largest absolute Gasteiger partial charge is 0.445 e. The second-order valence-electron chi connectivity index (χ2n) is 5.27. The molecule has 0 amide bonds. The van der Waals surface area contributed by atoms with Crippen LogP contribution < -0.4 is 0 Å². The Bertz CT molecular complexity index is 435. The predicted molar refractivity (Wildman–Crippen MR) is 65.1 cm³/mol. The van der Waals surface area contributed by atoms with E-state index in [-0.39, 0.29) is 0 Å². The van der Waals surface area contributed by atoms with Gasteiger partial charge in [-0.1, -0.05) is 32.9 Å². The van der Waals surface area contributed by atoms with Gasteiger partial charge in [-0.3, -0.25) is 0 Å². The zero-order valence-corrected chi connectivity index (χ0v) is 10.0. The molecule has 0 saturated carbocycles. The molecule has 0 atom stereocenters. The van der Waals surface area contributed by atoms with Crippen LogP contribution in [0.2, 0.25) is 0 Å². The lowest BCUT2D eigenvalue weighted by atomic mass is 9.88. The summed E-state index contributed by atoms with van der Waals surface area (Å²) in [7, 11) is 0. The minimum atomic E-state index is 0.324. The lowest BCUT2D eigenvalue weighted by Crippen LogP contribution is -2.08. The lowest BCUT2D eigenvalue weighted by Gasteiger charge is -2.17. The molecule has 1 aromatic heterocycles. The number of hydrogen-bond acceptors (Lipinski definition) is 2. The smallest absolute Gasteiger partial charge is 0.225 e. The minimum Gasteiger partial charge on any atom is -0.445 e. The summed E-state index contributed by atoms with van der Waals surface area (Å²) in [6, 6.07) is 8.41. The molecule has 0 aliphatic rings. The van der Waals surface area contributed by atoms with Crippen molar-refractivity contribution in [3.63, 3.8) is 0 Å². The molecule has 2 heteroatoms. The summed E-state index contributed by atoms with van der Waals surface area (Å²) < 4.78 is 5.25. The second kappa shape index (κ2) is 4.12. The van der Waals surface area contributed by atoms with E-state index >= 15 is 0 Å². The average molecular weight is 215 g/mol. The van der Waals surface area contributed by atoms with Crippen molar-refractivity contribution >= 4 is 0 Å². The Labute approximate surface area is 96.3 Å². The van der Waals surface area contributed by atoms with E-state index in [0.29, 0.717) is 11.3 Å². The molecule has 0 saturated heterocycles. The van der Waals surface area contributed by atoms with Gasteiger partial charge in [0.15, 0.2) is 0 Å². The van der Waals surface area contributed by atoms with E-state index in [1.54, 1.807) is 12.5 Å². The Morgan fingerprint density at radius 1 is 1.12 bits per heavy atom. The Hall–Kier alpha value is -1.57. The Kier molecular flexibility index (Phi) is 2.82. The fourth-order valence-corrected chi connectivity index (χ4v) is 1.74. The van der Waals surface area contributed by atoms with Crippen LogP contribution >= 0.6 is 0 Å². The first-order valence-electron chi connectivity index (χ1n) is 5.53. The third kappa shape index (κ3) is 2.72. The van der Waals surface area contributed by atoms with Crippen molar-refractivity contribution in [1.29, 1.82) is 0 Å². The topological polar surface area (TPSA) is 26.0 Å². The van der Waals surface area contributed by atoms with Gasteiger partial charge in [-0.25, -0.2) is 4.98 Å². The molecular formula is C14H17NO. The van der Waals surface area contributed by atoms with Gasteiger partial charge in [-0.2, -0.15) is 0 Å². The van der Waals surface area contributed by atoms with Gasteiger partial charge in [0, 0.05) is 5.56 Å². The highest BCUT2D eigenvalue weighted by atomic mass is 16.3. The molecule has 2 aromatic rings. The minimum absolute atomic E-state index is 0.324. The molecule has 0 radical (unpaired) electrons. The van der Waals surface area contributed by atoms with Crippen LogP contribution in [0.25, 0.3) is 11.5 Å². The molecule has 1 heterocycles. The number of rotatable bonds is 2. The van der Waals surface area contributed by atoms with Gasteiger partial charge in [0.1, 0.15) is 6.26 Å². The normalized spacial score (nSPS) is 11.7. The summed E-state index contributed by atoms with van der Waals surface area (Å²) in [4.78, 5) is 4.12. The summed E-state index contributed by atoms with van der Waals surface area (Å²) in [5.74, 6) is 0.683. The van der Waals surface area contributed by atoms with Crippen molar-refractivity contribution < 1.29 is 4.42 Å². The van der Waals surface area contributed by atoms with Crippen LogP contribution in [0.4, 0.5) is 0 Å². The van der Waals surface area contributed by atoms with Crippen LogP contribution in [-0.4, -0.2) is 4.98 Å². The Balaban J connectivity index is 2.17. The van der Waals surface area contributed by atoms with E-state index in [9.17, 15) is 0 Å². The second-order valence-corrected chi connectivity index (χ2v) is 5.27. The molecule has 0 bridgehead atoms. The molecule has 0 aliphatic carbocycles. The quantitative estimate of drug-likeness (QED) is 0.758. The van der Waals surface area contributed by atoms with Crippen LogP contribution in [0, 0.1) is 5.41 Å². The van der Waals surface area contributed by atoms with Crippen LogP contribution in [0.1, 0.15) is 26.3 Å². The SMILES string of the molecule is CC(C)(C)Cc1ccc(-c2ncco2)cc1. The molecule has 2 nitrogen and oxygen atoms in total. The van der Waals surface area contributed by atoms with Gasteiger partial charge in [-0.05, 0) is 29.5 Å². The average Bonchev–Trinajstić information content (AvgIpc) is 2.69. The number of nitrogens with zero attached hydrogens (tertiary/aromatic N) is 1. The van der Waals surface area contributed by atoms with Crippen LogP contribution in [0.15, 0.2) is 41.1 Å². The van der Waals surface area contributed by atoms with Crippen LogP contribution in [0.5, 0.6) is 0 Å². The van der Waals surface area contributed by atoms with E-state index in [1.165, 1.54) is 5.56 Å². The fourth-order valence-electron chi connectivity index (χ4n) is 1.74. The molecule has 0 aliphatic heterocycles. The summed E-state index contributed by atoms with van der Waals surface area (Å²) in [5.41, 5.74) is 2.70. The maximum atomic E-state index is 5.25. The molecule has 84 valence electrons. The monoisotopic (exact) mass is 215 g/mol. The third-order valence-electron chi connectivity index (χ3n) is 2.37. The maximum absolute atomic E-state index is 5.25. The number of hydrogen-bond donors (Lipinski definition) is 0. The van der Waals surface area contributed by atoms with E-state index in [1.807, 2.05) is 0 Å². The molecule has 2 rings (SSSR count). The highest BCUT2D eigenvalue weighted by Gasteiger charge is 2.11. The number of benzene rings is 1. The van der Waals surface area contributed by atoms with Crippen molar-refractivity contribution in [2.24, 2.45) is 5.41 Å². The summed E-state index contributed by atoms with van der Waals surface area (Å²) in [6.45, 7) is 6.74.